The molecule has 1 aliphatic rings. The third-order valence-electron chi connectivity index (χ3n) is 4.89. The van der Waals surface area contributed by atoms with Gasteiger partial charge in [-0.3, -0.25) is 0 Å². The Hall–Kier alpha value is -2.72. The third kappa shape index (κ3) is 2.86. The molecular weight excluding hydrogens is 346 g/mol. The molecule has 4 rings (SSSR count). The predicted molar refractivity (Wildman–Crippen MR) is 105 cm³/mol. The summed E-state index contributed by atoms with van der Waals surface area (Å²) in [6.07, 6.45) is 2.04. The number of nitrogens with one attached hydrogen (secondary N) is 1. The number of benzene rings is 2. The quantitative estimate of drug-likeness (QED) is 0.603. The summed E-state index contributed by atoms with van der Waals surface area (Å²) in [5, 5.41) is 3.51. The standard InChI is InChI=1S/C21H20ClN3O/c1-14-9-10-18(17(22)12-14)23-21(26)25-13-16-6-3-4-7-20(16)24-11-5-8-19(24)15(25)2/h3-12,15H,13H2,1-2H3,(H,23,26). The van der Waals surface area contributed by atoms with Crippen LogP contribution in [0.1, 0.15) is 29.8 Å². The molecule has 0 aliphatic carbocycles. The van der Waals surface area contributed by atoms with Crippen LogP contribution in [-0.2, 0) is 6.54 Å². The number of rotatable bonds is 1. The Morgan fingerprint density at radius 2 is 1.96 bits per heavy atom. The van der Waals surface area contributed by atoms with Crippen LogP contribution in [-0.4, -0.2) is 15.5 Å². The fraction of sp³-hybridized carbons (Fsp3) is 0.190. The third-order valence-corrected chi connectivity index (χ3v) is 5.21. The molecule has 26 heavy (non-hydrogen) atoms. The number of anilines is 1. The van der Waals surface area contributed by atoms with Gasteiger partial charge in [-0.1, -0.05) is 35.9 Å². The first kappa shape index (κ1) is 16.7. The predicted octanol–water partition coefficient (Wildman–Crippen LogP) is 5.55. The second-order valence-corrected chi connectivity index (χ2v) is 7.06. The van der Waals surface area contributed by atoms with E-state index in [9.17, 15) is 4.79 Å². The fourth-order valence-corrected chi connectivity index (χ4v) is 3.75. The molecule has 2 aromatic carbocycles. The second-order valence-electron chi connectivity index (χ2n) is 6.65. The van der Waals surface area contributed by atoms with Crippen LogP contribution in [0, 0.1) is 6.92 Å². The molecule has 0 radical (unpaired) electrons. The number of hydrogen-bond acceptors (Lipinski definition) is 1. The second kappa shape index (κ2) is 6.54. The van der Waals surface area contributed by atoms with Gasteiger partial charge in [-0.25, -0.2) is 4.79 Å². The average Bonchev–Trinajstić information content (AvgIpc) is 3.07. The summed E-state index contributed by atoms with van der Waals surface area (Å²) < 4.78 is 2.16. The smallest absolute Gasteiger partial charge is 0.318 e. The molecule has 1 aliphatic heterocycles. The number of amides is 2. The van der Waals surface area contributed by atoms with Gasteiger partial charge in [-0.05, 0) is 55.3 Å². The summed E-state index contributed by atoms with van der Waals surface area (Å²) >= 11 is 6.29. The summed E-state index contributed by atoms with van der Waals surface area (Å²) in [4.78, 5) is 14.9. The molecule has 3 aromatic rings. The van der Waals surface area contributed by atoms with E-state index < -0.39 is 0 Å². The Morgan fingerprint density at radius 3 is 2.77 bits per heavy atom. The van der Waals surface area contributed by atoms with Crippen molar-refractivity contribution in [1.29, 1.82) is 0 Å². The van der Waals surface area contributed by atoms with Gasteiger partial charge in [-0.15, -0.1) is 0 Å². The molecule has 0 fully saturated rings. The maximum Gasteiger partial charge on any atom is 0.322 e. The first-order chi connectivity index (χ1) is 12.5. The van der Waals surface area contributed by atoms with Crippen LogP contribution in [0.25, 0.3) is 5.69 Å². The van der Waals surface area contributed by atoms with Gasteiger partial charge in [0.15, 0.2) is 0 Å². The summed E-state index contributed by atoms with van der Waals surface area (Å²) in [6, 6.07) is 17.7. The molecule has 1 N–H and O–H groups in total. The van der Waals surface area contributed by atoms with E-state index in [1.165, 1.54) is 0 Å². The van der Waals surface area contributed by atoms with E-state index in [-0.39, 0.29) is 12.1 Å². The van der Waals surface area contributed by atoms with Gasteiger partial charge in [0, 0.05) is 11.9 Å². The van der Waals surface area contributed by atoms with E-state index in [1.54, 1.807) is 0 Å². The highest BCUT2D eigenvalue weighted by Crippen LogP contribution is 2.32. The lowest BCUT2D eigenvalue weighted by molar-refractivity contribution is 0.189. The van der Waals surface area contributed by atoms with Gasteiger partial charge in [0.25, 0.3) is 0 Å². The number of hydrogen-bond donors (Lipinski definition) is 1. The lowest BCUT2D eigenvalue weighted by atomic mass is 10.1. The van der Waals surface area contributed by atoms with Gasteiger partial charge in [0.1, 0.15) is 0 Å². The number of aromatic nitrogens is 1. The Kier molecular flexibility index (Phi) is 4.21. The fourth-order valence-electron chi connectivity index (χ4n) is 3.47. The number of carbonyl (C=O) groups excluding carboxylic acids is 1. The summed E-state index contributed by atoms with van der Waals surface area (Å²) in [6.45, 7) is 4.56. The van der Waals surface area contributed by atoms with Crippen molar-refractivity contribution in [3.05, 3.63) is 82.6 Å². The van der Waals surface area contributed by atoms with Crippen LogP contribution < -0.4 is 5.32 Å². The largest absolute Gasteiger partial charge is 0.322 e. The summed E-state index contributed by atoms with van der Waals surface area (Å²) in [5.41, 5.74) is 4.99. The van der Waals surface area contributed by atoms with Crippen molar-refractivity contribution in [3.8, 4) is 5.69 Å². The summed E-state index contributed by atoms with van der Waals surface area (Å²) in [5.74, 6) is 0. The van der Waals surface area contributed by atoms with Crippen LogP contribution in [0.2, 0.25) is 5.02 Å². The lowest BCUT2D eigenvalue weighted by Crippen LogP contribution is -2.36. The lowest BCUT2D eigenvalue weighted by Gasteiger charge is -2.28. The van der Waals surface area contributed by atoms with Crippen molar-refractivity contribution in [2.45, 2.75) is 26.4 Å². The number of aryl methyl sites for hydroxylation is 1. The van der Waals surface area contributed by atoms with Crippen LogP contribution in [0.3, 0.4) is 0 Å². The first-order valence-corrected chi connectivity index (χ1v) is 9.01. The number of carbonyl (C=O) groups is 1. The Balaban J connectivity index is 1.70. The highest BCUT2D eigenvalue weighted by Gasteiger charge is 2.28. The van der Waals surface area contributed by atoms with Crippen molar-refractivity contribution in [2.75, 3.05) is 5.32 Å². The zero-order valence-corrected chi connectivity index (χ0v) is 15.5. The van der Waals surface area contributed by atoms with E-state index >= 15 is 0 Å². The van der Waals surface area contributed by atoms with E-state index in [1.807, 2.05) is 61.3 Å². The van der Waals surface area contributed by atoms with Crippen molar-refractivity contribution >= 4 is 23.3 Å². The van der Waals surface area contributed by atoms with Crippen molar-refractivity contribution < 1.29 is 4.79 Å². The Labute approximate surface area is 158 Å². The molecule has 1 unspecified atom stereocenters. The maximum atomic E-state index is 13.1. The molecule has 2 heterocycles. The van der Waals surface area contributed by atoms with Crippen molar-refractivity contribution in [1.82, 2.24) is 9.47 Å². The molecule has 4 nitrogen and oxygen atoms in total. The zero-order chi connectivity index (χ0) is 18.3. The SMILES string of the molecule is Cc1ccc(NC(=O)N2Cc3ccccc3-n3cccc3C2C)c(Cl)c1. The molecule has 0 bridgehead atoms. The molecule has 0 saturated heterocycles. The van der Waals surface area contributed by atoms with E-state index in [4.69, 9.17) is 11.6 Å². The van der Waals surface area contributed by atoms with Crippen molar-refractivity contribution in [2.24, 2.45) is 0 Å². The van der Waals surface area contributed by atoms with Crippen LogP contribution in [0.5, 0.6) is 0 Å². The Morgan fingerprint density at radius 1 is 1.15 bits per heavy atom. The first-order valence-electron chi connectivity index (χ1n) is 8.64. The summed E-state index contributed by atoms with van der Waals surface area (Å²) in [7, 11) is 0. The topological polar surface area (TPSA) is 37.3 Å². The maximum absolute atomic E-state index is 13.1. The molecule has 0 spiro atoms. The minimum absolute atomic E-state index is 0.0679. The Bertz CT molecular complexity index is 979. The average molecular weight is 366 g/mol. The normalized spacial score (nSPS) is 15.8. The monoisotopic (exact) mass is 365 g/mol. The van der Waals surface area contributed by atoms with Crippen LogP contribution in [0.4, 0.5) is 10.5 Å². The molecule has 2 amide bonds. The van der Waals surface area contributed by atoms with Gasteiger partial charge in [-0.2, -0.15) is 0 Å². The number of urea groups is 1. The number of para-hydroxylation sites is 1. The molecular formula is C21H20ClN3O. The van der Waals surface area contributed by atoms with Crippen LogP contribution >= 0.6 is 11.6 Å². The van der Waals surface area contributed by atoms with Crippen molar-refractivity contribution in [3.63, 3.8) is 0 Å². The number of halogens is 1. The van der Waals surface area contributed by atoms with Gasteiger partial charge in [0.2, 0.25) is 0 Å². The molecule has 1 atom stereocenters. The van der Waals surface area contributed by atoms with E-state index in [0.717, 1.165) is 22.5 Å². The van der Waals surface area contributed by atoms with Gasteiger partial charge < -0.3 is 14.8 Å². The number of fused-ring (bicyclic) bond motifs is 3. The highest BCUT2D eigenvalue weighted by molar-refractivity contribution is 6.33. The van der Waals surface area contributed by atoms with Gasteiger partial charge >= 0.3 is 6.03 Å². The molecule has 132 valence electrons. The van der Waals surface area contributed by atoms with Gasteiger partial charge in [0.05, 0.1) is 29.0 Å². The molecule has 1 aromatic heterocycles. The minimum atomic E-state index is -0.160. The van der Waals surface area contributed by atoms with Crippen LogP contribution in [0.15, 0.2) is 60.8 Å². The van der Waals surface area contributed by atoms with E-state index in [0.29, 0.717) is 17.3 Å². The zero-order valence-electron chi connectivity index (χ0n) is 14.7. The highest BCUT2D eigenvalue weighted by atomic mass is 35.5. The number of nitrogens with zero attached hydrogens (tertiary/aromatic N) is 2. The molecule has 5 heteroatoms. The molecule has 0 saturated carbocycles. The van der Waals surface area contributed by atoms with E-state index in [2.05, 4.69) is 28.1 Å². The minimum Gasteiger partial charge on any atom is -0.318 e.